The molecule has 2 aliphatic rings. The molecule has 0 aliphatic heterocycles. The standard InChI is InChI=1S/C37H35N3O9S3/c41-50(42,43)34-19-13-31(14-20-34)38-28-7-1-25(2-8-28)37(26-3-9-29(10-4-26)39-32-15-21-35(22-16-32)51(44,45)46)27-5-11-30(12-6-27)40-33-17-23-36(24-18-33)52(47,48)49/h1-5,7-9,11-24,27,29,37-40H,6,10H2,(H,41,42,43)(H,44,45,46)(H,47,48,49). The van der Waals surface area contributed by atoms with E-state index in [-0.39, 0.29) is 32.6 Å². The Hall–Kier alpha value is -5.03. The van der Waals surface area contributed by atoms with Crippen LogP contribution in [0.5, 0.6) is 0 Å². The average molecular weight is 762 g/mol. The van der Waals surface area contributed by atoms with E-state index in [4.69, 9.17) is 0 Å². The molecule has 3 unspecified atom stereocenters. The summed E-state index contributed by atoms with van der Waals surface area (Å²) in [6.07, 6.45) is 13.9. The lowest BCUT2D eigenvalue weighted by Gasteiger charge is -2.30. The van der Waals surface area contributed by atoms with Gasteiger partial charge < -0.3 is 16.0 Å². The summed E-state index contributed by atoms with van der Waals surface area (Å²) >= 11 is 0. The predicted octanol–water partition coefficient (Wildman–Crippen LogP) is 7.19. The molecule has 4 aromatic carbocycles. The van der Waals surface area contributed by atoms with Crippen LogP contribution in [0.15, 0.2) is 159 Å². The van der Waals surface area contributed by atoms with Crippen LogP contribution in [0.1, 0.15) is 24.3 Å². The number of nitrogens with one attached hydrogen (secondary N) is 3. The molecule has 0 saturated heterocycles. The van der Waals surface area contributed by atoms with Gasteiger partial charge in [-0.2, -0.15) is 25.3 Å². The molecule has 6 rings (SSSR count). The Morgan fingerprint density at radius 3 is 1.40 bits per heavy atom. The number of hydrogen-bond donors (Lipinski definition) is 6. The molecule has 0 saturated carbocycles. The first-order chi connectivity index (χ1) is 24.6. The molecule has 15 heteroatoms. The third-order valence-corrected chi connectivity index (χ3v) is 11.3. The van der Waals surface area contributed by atoms with E-state index < -0.39 is 30.4 Å². The third-order valence-electron chi connectivity index (χ3n) is 8.70. The molecule has 0 aromatic heterocycles. The van der Waals surface area contributed by atoms with Crippen LogP contribution >= 0.6 is 0 Å². The van der Waals surface area contributed by atoms with E-state index in [0.29, 0.717) is 29.9 Å². The average Bonchev–Trinajstić information content (AvgIpc) is 3.10. The number of benzene rings is 4. The SMILES string of the molecule is O=S(=O)(O)c1ccc(NC2=CCC(C(C3=CCC(Nc4ccc(S(=O)(=O)O)cc4)C=C3)c3ccc(Nc4ccc(S(=O)(=O)O)cc4)cc3)C=C2)cc1. The molecule has 0 radical (unpaired) electrons. The monoisotopic (exact) mass is 761 g/mol. The van der Waals surface area contributed by atoms with E-state index in [1.54, 1.807) is 36.4 Å². The van der Waals surface area contributed by atoms with Crippen LogP contribution in [-0.4, -0.2) is 45.0 Å². The van der Waals surface area contributed by atoms with Crippen molar-refractivity contribution in [3.63, 3.8) is 0 Å². The van der Waals surface area contributed by atoms with Crippen molar-refractivity contribution >= 4 is 53.1 Å². The molecular weight excluding hydrogens is 727 g/mol. The molecular formula is C37H35N3O9S3. The lowest BCUT2D eigenvalue weighted by Crippen LogP contribution is -2.21. The molecule has 2 aliphatic carbocycles. The zero-order valence-corrected chi connectivity index (χ0v) is 29.8. The van der Waals surface area contributed by atoms with Crippen LogP contribution in [0, 0.1) is 5.92 Å². The van der Waals surface area contributed by atoms with Gasteiger partial charge in [0.2, 0.25) is 0 Å². The maximum absolute atomic E-state index is 11.4. The molecule has 52 heavy (non-hydrogen) atoms. The fourth-order valence-corrected chi connectivity index (χ4v) is 7.54. The van der Waals surface area contributed by atoms with Gasteiger partial charge in [-0.1, -0.05) is 42.5 Å². The Morgan fingerprint density at radius 1 is 0.519 bits per heavy atom. The number of anilines is 4. The van der Waals surface area contributed by atoms with Gasteiger partial charge in [0.1, 0.15) is 0 Å². The minimum Gasteiger partial charge on any atom is -0.379 e. The Labute approximate surface area is 302 Å². The van der Waals surface area contributed by atoms with Gasteiger partial charge in [0.25, 0.3) is 30.4 Å². The van der Waals surface area contributed by atoms with Crippen molar-refractivity contribution in [3.8, 4) is 0 Å². The van der Waals surface area contributed by atoms with Crippen LogP contribution in [0.4, 0.5) is 22.7 Å². The molecule has 12 nitrogen and oxygen atoms in total. The van der Waals surface area contributed by atoms with Gasteiger partial charge in [0.15, 0.2) is 0 Å². The van der Waals surface area contributed by atoms with Crippen LogP contribution in [0.3, 0.4) is 0 Å². The summed E-state index contributed by atoms with van der Waals surface area (Å²) < 4.78 is 96.3. The topological polar surface area (TPSA) is 199 Å². The second-order valence-corrected chi connectivity index (χ2v) is 16.6. The molecule has 0 heterocycles. The zero-order chi connectivity index (χ0) is 37.1. The van der Waals surface area contributed by atoms with Crippen molar-refractivity contribution in [3.05, 3.63) is 150 Å². The summed E-state index contributed by atoms with van der Waals surface area (Å²) in [5.41, 5.74) is 5.82. The highest BCUT2D eigenvalue weighted by molar-refractivity contribution is 7.86. The molecule has 0 fully saturated rings. The van der Waals surface area contributed by atoms with E-state index in [1.807, 2.05) is 30.3 Å². The number of rotatable bonds is 12. The smallest absolute Gasteiger partial charge is 0.294 e. The normalized spacial score (nSPS) is 18.2. The molecule has 270 valence electrons. The van der Waals surface area contributed by atoms with Gasteiger partial charge in [-0.05, 0) is 121 Å². The predicted molar refractivity (Wildman–Crippen MR) is 199 cm³/mol. The van der Waals surface area contributed by atoms with Gasteiger partial charge in [0.05, 0.1) is 14.7 Å². The van der Waals surface area contributed by atoms with Gasteiger partial charge in [-0.25, -0.2) is 0 Å². The first-order valence-electron chi connectivity index (χ1n) is 16.0. The molecule has 0 spiro atoms. The van der Waals surface area contributed by atoms with E-state index in [2.05, 4.69) is 46.3 Å². The van der Waals surface area contributed by atoms with Crippen LogP contribution < -0.4 is 16.0 Å². The van der Waals surface area contributed by atoms with Gasteiger partial charge in [-0.3, -0.25) is 13.7 Å². The Bertz CT molecular complexity index is 2390. The maximum atomic E-state index is 11.4. The Kier molecular flexibility index (Phi) is 10.5. The first kappa shape index (κ1) is 36.8. The summed E-state index contributed by atoms with van der Waals surface area (Å²) in [5.74, 6) is 0.0464. The Morgan fingerprint density at radius 2 is 0.981 bits per heavy atom. The van der Waals surface area contributed by atoms with Crippen molar-refractivity contribution in [2.24, 2.45) is 5.92 Å². The summed E-state index contributed by atoms with van der Waals surface area (Å²) in [5, 5.41) is 9.91. The lowest BCUT2D eigenvalue weighted by atomic mass is 9.75. The highest BCUT2D eigenvalue weighted by atomic mass is 32.2. The molecule has 0 bridgehead atoms. The van der Waals surface area contributed by atoms with Gasteiger partial charge in [-0.15, -0.1) is 0 Å². The van der Waals surface area contributed by atoms with Crippen molar-refractivity contribution in [1.82, 2.24) is 0 Å². The van der Waals surface area contributed by atoms with Crippen molar-refractivity contribution in [1.29, 1.82) is 0 Å². The van der Waals surface area contributed by atoms with Crippen molar-refractivity contribution in [2.45, 2.75) is 39.5 Å². The highest BCUT2D eigenvalue weighted by Crippen LogP contribution is 2.40. The van der Waals surface area contributed by atoms with Crippen molar-refractivity contribution < 1.29 is 38.9 Å². The van der Waals surface area contributed by atoms with Crippen molar-refractivity contribution in [2.75, 3.05) is 16.0 Å². The quantitative estimate of drug-likeness (QED) is 0.0796. The van der Waals surface area contributed by atoms with Crippen LogP contribution in [0.2, 0.25) is 0 Å². The summed E-state index contributed by atoms with van der Waals surface area (Å²) in [4.78, 5) is -0.561. The largest absolute Gasteiger partial charge is 0.379 e. The van der Waals surface area contributed by atoms with E-state index in [0.717, 1.165) is 22.5 Å². The van der Waals surface area contributed by atoms with Gasteiger partial charge in [0, 0.05) is 40.4 Å². The molecule has 0 amide bonds. The number of hydrogen-bond acceptors (Lipinski definition) is 9. The molecule has 3 atom stereocenters. The second kappa shape index (κ2) is 14.9. The van der Waals surface area contributed by atoms with Gasteiger partial charge >= 0.3 is 0 Å². The first-order valence-corrected chi connectivity index (χ1v) is 20.3. The minimum absolute atomic E-state index is 0.0302. The Balaban J connectivity index is 1.19. The molecule has 4 aromatic rings. The molecule has 6 N–H and O–H groups in total. The van der Waals surface area contributed by atoms with E-state index in [1.165, 1.54) is 36.4 Å². The van der Waals surface area contributed by atoms with E-state index in [9.17, 15) is 38.9 Å². The number of allylic oxidation sites excluding steroid dienone is 5. The maximum Gasteiger partial charge on any atom is 0.294 e. The summed E-state index contributed by atoms with van der Waals surface area (Å²) in [6.45, 7) is 0. The third kappa shape index (κ3) is 9.25. The zero-order valence-electron chi connectivity index (χ0n) is 27.4. The van der Waals surface area contributed by atoms with Crippen LogP contribution in [-0.2, 0) is 30.4 Å². The second-order valence-electron chi connectivity index (χ2n) is 12.3. The summed E-state index contributed by atoms with van der Waals surface area (Å²) in [7, 11) is -12.9. The van der Waals surface area contributed by atoms with Crippen LogP contribution in [0.25, 0.3) is 0 Å². The summed E-state index contributed by atoms with van der Waals surface area (Å²) in [6, 6.07) is 25.4. The van der Waals surface area contributed by atoms with E-state index >= 15 is 0 Å². The fourth-order valence-electron chi connectivity index (χ4n) is 6.10. The lowest BCUT2D eigenvalue weighted by molar-refractivity contribution is 0.481. The fraction of sp³-hybridized carbons (Fsp3) is 0.135. The minimum atomic E-state index is -4.29. The highest BCUT2D eigenvalue weighted by Gasteiger charge is 2.27.